The predicted molar refractivity (Wildman–Crippen MR) is 107 cm³/mol. The van der Waals surface area contributed by atoms with E-state index in [4.69, 9.17) is 15.0 Å². The van der Waals surface area contributed by atoms with Gasteiger partial charge in [-0.2, -0.15) is 4.98 Å². The van der Waals surface area contributed by atoms with E-state index in [0.717, 1.165) is 37.3 Å². The quantitative estimate of drug-likeness (QED) is 0.420. The van der Waals surface area contributed by atoms with Crippen molar-refractivity contribution < 1.29 is 9.26 Å². The molecule has 1 aliphatic heterocycles. The minimum Gasteiger partial charge on any atom is -0.378 e. The molecule has 0 spiro atoms. The molecule has 0 atom stereocenters. The van der Waals surface area contributed by atoms with Crippen molar-refractivity contribution >= 4 is 29.9 Å². The molecule has 1 aromatic heterocycles. The monoisotopic (exact) mass is 457 g/mol. The number of aryl methyl sites for hydroxylation is 1. The summed E-state index contributed by atoms with van der Waals surface area (Å²) in [5.41, 5.74) is 8.15. The second kappa shape index (κ2) is 9.71. The molecule has 2 heterocycles. The van der Waals surface area contributed by atoms with E-state index in [1.165, 1.54) is 5.56 Å². The van der Waals surface area contributed by atoms with E-state index in [0.29, 0.717) is 31.6 Å². The maximum absolute atomic E-state index is 6.02. The van der Waals surface area contributed by atoms with Gasteiger partial charge in [0.1, 0.15) is 0 Å². The van der Waals surface area contributed by atoms with Crippen molar-refractivity contribution in [2.75, 3.05) is 32.8 Å². The average Bonchev–Trinajstić information content (AvgIpc) is 3.12. The number of aromatic nitrogens is 2. The average molecular weight is 457 g/mol. The van der Waals surface area contributed by atoms with Crippen molar-refractivity contribution in [3.63, 3.8) is 0 Å². The molecule has 2 aromatic rings. The lowest BCUT2D eigenvalue weighted by molar-refractivity contribution is 0.0674. The summed E-state index contributed by atoms with van der Waals surface area (Å²) in [6.07, 6.45) is 1.61. The molecular formula is C17H24IN5O2. The van der Waals surface area contributed by atoms with E-state index in [1.54, 1.807) is 0 Å². The fourth-order valence-electron chi connectivity index (χ4n) is 2.52. The lowest BCUT2D eigenvalue weighted by atomic mass is 10.1. The Balaban J connectivity index is 0.00000225. The summed E-state index contributed by atoms with van der Waals surface area (Å²) in [4.78, 5) is 10.9. The molecule has 0 saturated carbocycles. The van der Waals surface area contributed by atoms with Gasteiger partial charge in [-0.15, -0.1) is 24.0 Å². The first-order valence-electron chi connectivity index (χ1n) is 8.31. The Kier molecular flexibility index (Phi) is 7.63. The van der Waals surface area contributed by atoms with Crippen LogP contribution in [0, 0.1) is 0 Å². The number of ether oxygens (including phenoxy) is 1. The number of aliphatic imine (C=N–C) groups is 1. The summed E-state index contributed by atoms with van der Waals surface area (Å²) in [5.74, 6) is 1.89. The first-order chi connectivity index (χ1) is 11.8. The second-order valence-electron chi connectivity index (χ2n) is 5.66. The Morgan fingerprint density at radius 3 is 2.60 bits per heavy atom. The number of rotatable bonds is 5. The summed E-state index contributed by atoms with van der Waals surface area (Å²) in [7, 11) is 0. The fourth-order valence-corrected chi connectivity index (χ4v) is 2.52. The molecule has 7 nitrogen and oxygen atoms in total. The van der Waals surface area contributed by atoms with E-state index >= 15 is 0 Å². The number of hydrogen-bond donors (Lipinski definition) is 1. The maximum Gasteiger partial charge on any atom is 0.257 e. The van der Waals surface area contributed by atoms with Crippen LogP contribution in [0.5, 0.6) is 0 Å². The van der Waals surface area contributed by atoms with Gasteiger partial charge in [-0.05, 0) is 24.1 Å². The van der Waals surface area contributed by atoms with Crippen LogP contribution in [0.3, 0.4) is 0 Å². The molecule has 1 aliphatic rings. The van der Waals surface area contributed by atoms with Crippen molar-refractivity contribution in [2.45, 2.75) is 19.8 Å². The molecule has 1 fully saturated rings. The SMILES string of the molecule is CCc1noc(-c2ccc(CCN=C(N)N3CCOCC3)cc2)n1.I. The lowest BCUT2D eigenvalue weighted by Crippen LogP contribution is -2.44. The number of guanidine groups is 1. The Morgan fingerprint density at radius 2 is 1.96 bits per heavy atom. The largest absolute Gasteiger partial charge is 0.378 e. The van der Waals surface area contributed by atoms with Gasteiger partial charge >= 0.3 is 0 Å². The molecular weight excluding hydrogens is 433 g/mol. The third kappa shape index (κ3) is 5.40. The zero-order chi connectivity index (χ0) is 16.8. The van der Waals surface area contributed by atoms with E-state index in [1.807, 2.05) is 19.1 Å². The van der Waals surface area contributed by atoms with Crippen LogP contribution in [-0.4, -0.2) is 53.8 Å². The van der Waals surface area contributed by atoms with Crippen LogP contribution in [-0.2, 0) is 17.6 Å². The fraction of sp³-hybridized carbons (Fsp3) is 0.471. The smallest absolute Gasteiger partial charge is 0.257 e. The topological polar surface area (TPSA) is 89.8 Å². The van der Waals surface area contributed by atoms with Gasteiger partial charge in [-0.1, -0.05) is 24.2 Å². The van der Waals surface area contributed by atoms with Gasteiger partial charge in [-0.3, -0.25) is 4.99 Å². The van der Waals surface area contributed by atoms with Gasteiger partial charge in [0.05, 0.1) is 13.2 Å². The third-order valence-corrected chi connectivity index (χ3v) is 3.99. The number of nitrogens with zero attached hydrogens (tertiary/aromatic N) is 4. The summed E-state index contributed by atoms with van der Waals surface area (Å²) in [5, 5.41) is 3.92. The van der Waals surface area contributed by atoms with Crippen LogP contribution >= 0.6 is 24.0 Å². The van der Waals surface area contributed by atoms with Gasteiger partial charge in [0.15, 0.2) is 11.8 Å². The summed E-state index contributed by atoms with van der Waals surface area (Å²) < 4.78 is 10.6. The Bertz CT molecular complexity index is 681. The molecule has 0 amide bonds. The van der Waals surface area contributed by atoms with Crippen molar-refractivity contribution in [2.24, 2.45) is 10.7 Å². The Labute approximate surface area is 164 Å². The molecule has 8 heteroatoms. The Morgan fingerprint density at radius 1 is 1.24 bits per heavy atom. The van der Waals surface area contributed by atoms with E-state index in [-0.39, 0.29) is 24.0 Å². The van der Waals surface area contributed by atoms with Crippen LogP contribution in [0.4, 0.5) is 0 Å². The van der Waals surface area contributed by atoms with Crippen molar-refractivity contribution in [3.8, 4) is 11.5 Å². The lowest BCUT2D eigenvalue weighted by Gasteiger charge is -2.27. The van der Waals surface area contributed by atoms with Crippen LogP contribution in [0.25, 0.3) is 11.5 Å². The molecule has 0 aliphatic carbocycles. The van der Waals surface area contributed by atoms with Gasteiger partial charge in [-0.25, -0.2) is 0 Å². The molecule has 1 saturated heterocycles. The molecule has 0 bridgehead atoms. The van der Waals surface area contributed by atoms with E-state index in [9.17, 15) is 0 Å². The number of halogens is 1. The highest BCUT2D eigenvalue weighted by molar-refractivity contribution is 14.0. The van der Waals surface area contributed by atoms with Gasteiger partial charge in [0.25, 0.3) is 5.89 Å². The van der Waals surface area contributed by atoms with Crippen molar-refractivity contribution in [3.05, 3.63) is 35.7 Å². The highest BCUT2D eigenvalue weighted by Gasteiger charge is 2.12. The van der Waals surface area contributed by atoms with E-state index < -0.39 is 0 Å². The van der Waals surface area contributed by atoms with Gasteiger partial charge in [0, 0.05) is 31.6 Å². The predicted octanol–water partition coefficient (Wildman–Crippen LogP) is 2.11. The van der Waals surface area contributed by atoms with Gasteiger partial charge < -0.3 is 19.9 Å². The molecule has 2 N–H and O–H groups in total. The van der Waals surface area contributed by atoms with E-state index in [2.05, 4.69) is 32.2 Å². The zero-order valence-electron chi connectivity index (χ0n) is 14.4. The first kappa shape index (κ1) is 19.6. The molecule has 0 radical (unpaired) electrons. The maximum atomic E-state index is 6.02. The first-order valence-corrected chi connectivity index (χ1v) is 8.31. The highest BCUT2D eigenvalue weighted by atomic mass is 127. The molecule has 136 valence electrons. The normalized spacial score (nSPS) is 15.1. The second-order valence-corrected chi connectivity index (χ2v) is 5.66. The third-order valence-electron chi connectivity index (χ3n) is 3.99. The van der Waals surface area contributed by atoms with Crippen LogP contribution in [0.1, 0.15) is 18.3 Å². The standard InChI is InChI=1S/C17H23N5O2.HI/c1-2-15-20-16(24-21-15)14-5-3-13(4-6-14)7-8-19-17(18)22-9-11-23-12-10-22;/h3-6H,2,7-12H2,1H3,(H2,18,19);1H. The summed E-state index contributed by atoms with van der Waals surface area (Å²) >= 11 is 0. The molecule has 25 heavy (non-hydrogen) atoms. The Hall–Kier alpha value is -1.68. The molecule has 1 aromatic carbocycles. The number of nitrogens with two attached hydrogens (primary N) is 1. The van der Waals surface area contributed by atoms with Crippen LogP contribution in [0.15, 0.2) is 33.8 Å². The zero-order valence-corrected chi connectivity index (χ0v) is 16.7. The number of benzene rings is 1. The van der Waals surface area contributed by atoms with Crippen LogP contribution < -0.4 is 5.73 Å². The number of morpholine rings is 1. The van der Waals surface area contributed by atoms with Crippen molar-refractivity contribution in [1.29, 1.82) is 0 Å². The highest BCUT2D eigenvalue weighted by Crippen LogP contribution is 2.18. The van der Waals surface area contributed by atoms with Crippen molar-refractivity contribution in [1.82, 2.24) is 15.0 Å². The number of hydrogen-bond acceptors (Lipinski definition) is 5. The minimum absolute atomic E-state index is 0. The summed E-state index contributed by atoms with van der Waals surface area (Å²) in [6.45, 7) is 5.73. The van der Waals surface area contributed by atoms with Gasteiger partial charge in [0.2, 0.25) is 0 Å². The molecule has 0 unspecified atom stereocenters. The summed E-state index contributed by atoms with van der Waals surface area (Å²) in [6, 6.07) is 8.12. The molecule has 3 rings (SSSR count). The minimum atomic E-state index is 0. The van der Waals surface area contributed by atoms with Crippen LogP contribution in [0.2, 0.25) is 0 Å².